The molecule has 45 heavy (non-hydrogen) atoms. The molecule has 2 amide bonds. The van der Waals surface area contributed by atoms with E-state index in [1.54, 1.807) is 11.1 Å². The zero-order valence-electron chi connectivity index (χ0n) is 27.9. The van der Waals surface area contributed by atoms with Gasteiger partial charge < -0.3 is 19.9 Å². The Morgan fingerprint density at radius 2 is 1.58 bits per heavy atom. The van der Waals surface area contributed by atoms with E-state index in [0.29, 0.717) is 25.2 Å². The largest absolute Gasteiger partial charge is 0.444 e. The highest BCUT2D eigenvalue weighted by molar-refractivity contribution is 5.95. The maximum atomic E-state index is 13.6. The first-order valence-electron chi connectivity index (χ1n) is 16.4. The van der Waals surface area contributed by atoms with Gasteiger partial charge in [0.2, 0.25) is 0 Å². The fraction of sp³-hybridized carbons (Fsp3) is 0.528. The van der Waals surface area contributed by atoms with E-state index in [0.717, 1.165) is 63.4 Å². The molecule has 1 aromatic heterocycles. The molecule has 0 saturated carbocycles. The topological polar surface area (TPSA) is 82.9 Å². The standard InChI is InChI=1S/C36H50N6O3/c1-26-9-12-30(13-10-26)42-33(29-14-18-41(19-15-29)35(44)45-36(4,5)6)31(25-38-42)34(43)37-16-7-17-39-20-22-40(23-21-39)32-24-27(2)8-11-28(32)3/h8-13,24-25,29H,7,14-23H2,1-6H3,(H,37,43). The van der Waals surface area contributed by atoms with Gasteiger partial charge in [-0.1, -0.05) is 29.8 Å². The second-order valence-electron chi connectivity index (χ2n) is 13.7. The van der Waals surface area contributed by atoms with Gasteiger partial charge in [-0.25, -0.2) is 9.48 Å². The van der Waals surface area contributed by atoms with E-state index in [2.05, 4.69) is 66.2 Å². The number of nitrogens with one attached hydrogen (secondary N) is 1. The van der Waals surface area contributed by atoms with Crippen LogP contribution in [0.4, 0.5) is 10.5 Å². The predicted molar refractivity (Wildman–Crippen MR) is 180 cm³/mol. The zero-order valence-corrected chi connectivity index (χ0v) is 27.9. The second kappa shape index (κ2) is 14.1. The molecule has 0 spiro atoms. The van der Waals surface area contributed by atoms with Gasteiger partial charge in [0.1, 0.15) is 5.60 Å². The van der Waals surface area contributed by atoms with Crippen LogP contribution in [0.1, 0.15) is 78.7 Å². The minimum atomic E-state index is -0.530. The Morgan fingerprint density at radius 1 is 0.911 bits per heavy atom. The van der Waals surface area contributed by atoms with Gasteiger partial charge in [-0.05, 0) is 96.7 Å². The molecule has 3 aromatic rings. The molecule has 9 heteroatoms. The van der Waals surface area contributed by atoms with Gasteiger partial charge in [0.25, 0.3) is 5.91 Å². The Balaban J connectivity index is 1.18. The third kappa shape index (κ3) is 8.25. The summed E-state index contributed by atoms with van der Waals surface area (Å²) >= 11 is 0. The molecule has 2 saturated heterocycles. The lowest BCUT2D eigenvalue weighted by molar-refractivity contribution is 0.0203. The highest BCUT2D eigenvalue weighted by atomic mass is 16.6. The summed E-state index contributed by atoms with van der Waals surface area (Å²) < 4.78 is 7.52. The minimum Gasteiger partial charge on any atom is -0.444 e. The summed E-state index contributed by atoms with van der Waals surface area (Å²) in [6.45, 7) is 18.9. The van der Waals surface area contributed by atoms with Gasteiger partial charge in [-0.15, -0.1) is 0 Å². The molecule has 0 aliphatic carbocycles. The van der Waals surface area contributed by atoms with Gasteiger partial charge in [0.15, 0.2) is 0 Å². The number of ether oxygens (including phenoxy) is 1. The van der Waals surface area contributed by atoms with Gasteiger partial charge >= 0.3 is 6.09 Å². The number of piperazine rings is 1. The number of piperidine rings is 1. The number of likely N-dealkylation sites (tertiary alicyclic amines) is 1. The minimum absolute atomic E-state index is 0.0855. The van der Waals surface area contributed by atoms with Crippen molar-refractivity contribution < 1.29 is 14.3 Å². The van der Waals surface area contributed by atoms with E-state index in [-0.39, 0.29) is 17.9 Å². The number of nitrogens with zero attached hydrogens (tertiary/aromatic N) is 5. The van der Waals surface area contributed by atoms with Crippen LogP contribution < -0.4 is 10.2 Å². The number of hydrogen-bond acceptors (Lipinski definition) is 6. The molecule has 2 aromatic carbocycles. The van der Waals surface area contributed by atoms with Crippen LogP contribution in [0, 0.1) is 20.8 Å². The Labute approximate surface area is 268 Å². The number of amides is 2. The third-order valence-electron chi connectivity index (χ3n) is 8.88. The summed E-state index contributed by atoms with van der Waals surface area (Å²) in [5.41, 5.74) is 7.09. The van der Waals surface area contributed by atoms with Crippen molar-refractivity contribution in [2.45, 2.75) is 72.3 Å². The normalized spacial score (nSPS) is 16.6. The molecular formula is C36H50N6O3. The summed E-state index contributed by atoms with van der Waals surface area (Å²) in [4.78, 5) is 33.0. The number of rotatable bonds is 8. The zero-order chi connectivity index (χ0) is 32.1. The van der Waals surface area contributed by atoms with E-state index in [1.165, 1.54) is 22.4 Å². The molecule has 2 aliphatic heterocycles. The van der Waals surface area contributed by atoms with Crippen LogP contribution in [0.5, 0.6) is 0 Å². The van der Waals surface area contributed by atoms with Crippen LogP contribution in [-0.4, -0.2) is 89.5 Å². The summed E-state index contributed by atoms with van der Waals surface area (Å²) in [6.07, 6.45) is 3.80. The summed E-state index contributed by atoms with van der Waals surface area (Å²) in [7, 11) is 0. The van der Waals surface area contributed by atoms with Crippen LogP contribution in [0.2, 0.25) is 0 Å². The van der Waals surface area contributed by atoms with Crippen LogP contribution in [-0.2, 0) is 4.74 Å². The highest BCUT2D eigenvalue weighted by Gasteiger charge is 2.32. The molecule has 2 fully saturated rings. The third-order valence-corrected chi connectivity index (χ3v) is 8.88. The predicted octanol–water partition coefficient (Wildman–Crippen LogP) is 5.85. The summed E-state index contributed by atoms with van der Waals surface area (Å²) in [5.74, 6) is 0.0132. The number of hydrogen-bond donors (Lipinski definition) is 1. The summed E-state index contributed by atoms with van der Waals surface area (Å²) in [6, 6.07) is 14.9. The molecule has 242 valence electrons. The Hall–Kier alpha value is -3.85. The highest BCUT2D eigenvalue weighted by Crippen LogP contribution is 2.33. The first kappa shape index (κ1) is 32.5. The average molecular weight is 615 g/mol. The van der Waals surface area contributed by atoms with Crippen LogP contribution >= 0.6 is 0 Å². The van der Waals surface area contributed by atoms with Crippen molar-refractivity contribution in [3.63, 3.8) is 0 Å². The maximum Gasteiger partial charge on any atom is 0.410 e. The van der Waals surface area contributed by atoms with E-state index in [1.807, 2.05) is 37.6 Å². The lowest BCUT2D eigenvalue weighted by Gasteiger charge is -2.37. The first-order valence-corrected chi connectivity index (χ1v) is 16.4. The van der Waals surface area contributed by atoms with Crippen molar-refractivity contribution in [2.75, 3.05) is 57.3 Å². The summed E-state index contributed by atoms with van der Waals surface area (Å²) in [5, 5.41) is 7.88. The molecule has 0 radical (unpaired) electrons. The second-order valence-corrected chi connectivity index (χ2v) is 13.7. The van der Waals surface area contributed by atoms with E-state index in [9.17, 15) is 9.59 Å². The number of benzene rings is 2. The fourth-order valence-electron chi connectivity index (χ4n) is 6.35. The van der Waals surface area contributed by atoms with Crippen molar-refractivity contribution >= 4 is 17.7 Å². The number of anilines is 1. The quantitative estimate of drug-likeness (QED) is 0.321. The van der Waals surface area contributed by atoms with Crippen molar-refractivity contribution in [1.82, 2.24) is 24.9 Å². The molecule has 0 atom stereocenters. The number of aryl methyl sites for hydroxylation is 3. The Bertz CT molecular complexity index is 1460. The molecule has 3 heterocycles. The molecule has 5 rings (SSSR count). The van der Waals surface area contributed by atoms with Crippen molar-refractivity contribution in [3.05, 3.63) is 76.6 Å². The molecule has 0 bridgehead atoms. The van der Waals surface area contributed by atoms with Gasteiger partial charge in [-0.2, -0.15) is 5.10 Å². The van der Waals surface area contributed by atoms with Gasteiger partial charge in [0, 0.05) is 57.4 Å². The number of aromatic nitrogens is 2. The molecule has 9 nitrogen and oxygen atoms in total. The fourth-order valence-corrected chi connectivity index (χ4v) is 6.35. The van der Waals surface area contributed by atoms with E-state index in [4.69, 9.17) is 9.84 Å². The number of carbonyl (C=O) groups excluding carboxylic acids is 2. The monoisotopic (exact) mass is 614 g/mol. The lowest BCUT2D eigenvalue weighted by atomic mass is 9.90. The molecular weight excluding hydrogens is 564 g/mol. The van der Waals surface area contributed by atoms with Crippen molar-refractivity contribution in [3.8, 4) is 5.69 Å². The van der Waals surface area contributed by atoms with Gasteiger partial charge in [0.05, 0.1) is 23.1 Å². The van der Waals surface area contributed by atoms with Crippen molar-refractivity contribution in [1.29, 1.82) is 0 Å². The van der Waals surface area contributed by atoms with Crippen LogP contribution in [0.3, 0.4) is 0 Å². The Morgan fingerprint density at radius 3 is 2.24 bits per heavy atom. The SMILES string of the molecule is Cc1ccc(-n2ncc(C(=O)NCCCN3CCN(c4cc(C)ccc4C)CC3)c2C2CCN(C(=O)OC(C)(C)C)CC2)cc1. The van der Waals surface area contributed by atoms with E-state index < -0.39 is 5.60 Å². The maximum absolute atomic E-state index is 13.6. The van der Waals surface area contributed by atoms with E-state index >= 15 is 0 Å². The molecule has 0 unspecified atom stereocenters. The van der Waals surface area contributed by atoms with Crippen LogP contribution in [0.15, 0.2) is 48.7 Å². The average Bonchev–Trinajstić information content (AvgIpc) is 3.46. The van der Waals surface area contributed by atoms with Crippen molar-refractivity contribution in [2.24, 2.45) is 0 Å². The Kier molecular flexibility index (Phi) is 10.2. The number of carbonyl (C=O) groups is 2. The first-order chi connectivity index (χ1) is 21.5. The lowest BCUT2D eigenvalue weighted by Crippen LogP contribution is -2.47. The molecule has 1 N–H and O–H groups in total. The van der Waals surface area contributed by atoms with Crippen LogP contribution in [0.25, 0.3) is 5.69 Å². The molecule has 2 aliphatic rings. The smallest absolute Gasteiger partial charge is 0.410 e. The van der Waals surface area contributed by atoms with Gasteiger partial charge in [-0.3, -0.25) is 9.69 Å².